The molecule has 0 radical (unpaired) electrons. The van der Waals surface area contributed by atoms with Crippen molar-refractivity contribution < 1.29 is 19.4 Å². The Morgan fingerprint density at radius 2 is 2.00 bits per heavy atom. The van der Waals surface area contributed by atoms with Crippen LogP contribution >= 0.6 is 23.2 Å². The van der Waals surface area contributed by atoms with Gasteiger partial charge >= 0.3 is 12.1 Å². The van der Waals surface area contributed by atoms with Crippen LogP contribution in [0.5, 0.6) is 0 Å². The maximum absolute atomic E-state index is 12.2. The summed E-state index contributed by atoms with van der Waals surface area (Å²) in [5, 5.41) is 10.7. The topological polar surface area (TPSA) is 66.8 Å². The summed E-state index contributed by atoms with van der Waals surface area (Å²) >= 11 is 12.1. The molecule has 1 saturated heterocycles. The Bertz CT molecular complexity index is 657. The molecule has 1 N–H and O–H groups in total. The third-order valence-corrected chi connectivity index (χ3v) is 4.81. The van der Waals surface area contributed by atoms with Crippen molar-refractivity contribution in [3.05, 3.63) is 33.8 Å². The van der Waals surface area contributed by atoms with E-state index in [0.29, 0.717) is 29.4 Å². The van der Waals surface area contributed by atoms with E-state index < -0.39 is 23.6 Å². The minimum atomic E-state index is -0.914. The molecule has 1 aliphatic heterocycles. The molecule has 0 unspecified atom stereocenters. The predicted molar refractivity (Wildman–Crippen MR) is 97.2 cm³/mol. The standard InChI is InChI=1S/C18H23Cl2NO4/c1-18(2,3)25-17(24)21-7-6-11(14(10-21)16(22)23)8-12-4-5-13(19)9-15(12)20/h4-5,9,11,14H,6-8,10H2,1-3H3,(H,22,23)/t11-,14-/m0/s1. The monoisotopic (exact) mass is 387 g/mol. The van der Waals surface area contributed by atoms with Gasteiger partial charge in [0.1, 0.15) is 5.60 Å². The zero-order chi connectivity index (χ0) is 18.8. The number of nitrogens with zero attached hydrogens (tertiary/aromatic N) is 1. The summed E-state index contributed by atoms with van der Waals surface area (Å²) in [7, 11) is 0. The lowest BCUT2D eigenvalue weighted by Gasteiger charge is -2.37. The van der Waals surface area contributed by atoms with E-state index in [1.807, 2.05) is 6.07 Å². The first kappa shape index (κ1) is 19.9. The summed E-state index contributed by atoms with van der Waals surface area (Å²) in [5.41, 5.74) is 0.261. The fourth-order valence-corrected chi connectivity index (χ4v) is 3.47. The van der Waals surface area contributed by atoms with Gasteiger partial charge < -0.3 is 14.7 Å². The fourth-order valence-electron chi connectivity index (χ4n) is 2.99. The fraction of sp³-hybridized carbons (Fsp3) is 0.556. The van der Waals surface area contributed by atoms with E-state index in [9.17, 15) is 14.7 Å². The van der Waals surface area contributed by atoms with E-state index in [1.54, 1.807) is 32.9 Å². The first-order valence-electron chi connectivity index (χ1n) is 8.21. The van der Waals surface area contributed by atoms with E-state index in [4.69, 9.17) is 27.9 Å². The van der Waals surface area contributed by atoms with Gasteiger partial charge in [-0.1, -0.05) is 29.3 Å². The van der Waals surface area contributed by atoms with E-state index in [-0.39, 0.29) is 12.5 Å². The van der Waals surface area contributed by atoms with E-state index >= 15 is 0 Å². The van der Waals surface area contributed by atoms with Crippen molar-refractivity contribution in [2.24, 2.45) is 11.8 Å². The van der Waals surface area contributed by atoms with Crippen molar-refractivity contribution in [3.63, 3.8) is 0 Å². The third-order valence-electron chi connectivity index (χ3n) is 4.22. The number of amides is 1. The molecule has 1 fully saturated rings. The number of ether oxygens (including phenoxy) is 1. The van der Waals surface area contributed by atoms with Crippen LogP contribution in [0, 0.1) is 11.8 Å². The Hall–Kier alpha value is -1.46. The maximum atomic E-state index is 12.2. The largest absolute Gasteiger partial charge is 0.481 e. The highest BCUT2D eigenvalue weighted by atomic mass is 35.5. The smallest absolute Gasteiger partial charge is 0.410 e. The first-order chi connectivity index (χ1) is 11.6. The lowest BCUT2D eigenvalue weighted by atomic mass is 9.81. The van der Waals surface area contributed by atoms with Crippen LogP contribution in [0.25, 0.3) is 0 Å². The molecule has 1 aromatic carbocycles. The first-order valence-corrected chi connectivity index (χ1v) is 8.97. The molecule has 1 aliphatic rings. The van der Waals surface area contributed by atoms with Crippen LogP contribution < -0.4 is 0 Å². The zero-order valence-corrected chi connectivity index (χ0v) is 16.1. The average molecular weight is 388 g/mol. The molecule has 7 heteroatoms. The van der Waals surface area contributed by atoms with Crippen molar-refractivity contribution in [1.29, 1.82) is 0 Å². The van der Waals surface area contributed by atoms with Gasteiger partial charge in [0.05, 0.1) is 5.92 Å². The van der Waals surface area contributed by atoms with Crippen molar-refractivity contribution in [1.82, 2.24) is 4.90 Å². The number of halogens is 2. The summed E-state index contributed by atoms with van der Waals surface area (Å²) in [5.74, 6) is -1.67. The quantitative estimate of drug-likeness (QED) is 0.828. The molecule has 0 aliphatic carbocycles. The van der Waals surface area contributed by atoms with Gasteiger partial charge in [-0.2, -0.15) is 0 Å². The van der Waals surface area contributed by atoms with Crippen LogP contribution in [0.3, 0.4) is 0 Å². The molecule has 2 atom stereocenters. The molecule has 0 saturated carbocycles. The van der Waals surface area contributed by atoms with Crippen molar-refractivity contribution in [3.8, 4) is 0 Å². The molecule has 1 heterocycles. The normalized spacial score (nSPS) is 21.1. The molecule has 5 nitrogen and oxygen atoms in total. The second-order valence-corrected chi connectivity index (χ2v) is 8.20. The van der Waals surface area contributed by atoms with Crippen LogP contribution in [0.1, 0.15) is 32.8 Å². The van der Waals surface area contributed by atoms with Gasteiger partial charge in [0.2, 0.25) is 0 Å². The number of carboxylic acid groups (broad SMARTS) is 1. The highest BCUT2D eigenvalue weighted by Gasteiger charge is 2.37. The van der Waals surface area contributed by atoms with Crippen molar-refractivity contribution in [2.75, 3.05) is 13.1 Å². The molecular weight excluding hydrogens is 365 g/mol. The molecule has 1 aromatic rings. The number of piperidine rings is 1. The highest BCUT2D eigenvalue weighted by Crippen LogP contribution is 2.31. The summed E-state index contributed by atoms with van der Waals surface area (Å²) in [6.07, 6.45) is 0.645. The number of likely N-dealkylation sites (tertiary alicyclic amines) is 1. The molecule has 25 heavy (non-hydrogen) atoms. The number of aliphatic carboxylic acids is 1. The van der Waals surface area contributed by atoms with Crippen LogP contribution in [-0.4, -0.2) is 40.8 Å². The van der Waals surface area contributed by atoms with Crippen LogP contribution in [0.15, 0.2) is 18.2 Å². The average Bonchev–Trinajstić information content (AvgIpc) is 2.48. The van der Waals surface area contributed by atoms with Crippen molar-refractivity contribution in [2.45, 2.75) is 39.2 Å². The van der Waals surface area contributed by atoms with Gasteiger partial charge in [-0.3, -0.25) is 4.79 Å². The number of rotatable bonds is 3. The summed E-state index contributed by atoms with van der Waals surface area (Å²) in [4.78, 5) is 25.4. The highest BCUT2D eigenvalue weighted by molar-refractivity contribution is 6.35. The lowest BCUT2D eigenvalue weighted by molar-refractivity contribution is -0.145. The third kappa shape index (κ3) is 5.51. The van der Waals surface area contributed by atoms with Crippen LogP contribution in [0.2, 0.25) is 10.0 Å². The summed E-state index contributed by atoms with van der Waals surface area (Å²) in [6, 6.07) is 5.22. The van der Waals surface area contributed by atoms with Gasteiger partial charge in [-0.15, -0.1) is 0 Å². The van der Waals surface area contributed by atoms with Gasteiger partial charge in [0, 0.05) is 23.1 Å². The molecule has 0 aromatic heterocycles. The van der Waals surface area contributed by atoms with E-state index in [0.717, 1.165) is 5.56 Å². The maximum Gasteiger partial charge on any atom is 0.410 e. The van der Waals surface area contributed by atoms with Gasteiger partial charge in [-0.25, -0.2) is 4.79 Å². The van der Waals surface area contributed by atoms with Crippen LogP contribution in [0.4, 0.5) is 4.79 Å². The number of hydrogen-bond donors (Lipinski definition) is 1. The summed E-state index contributed by atoms with van der Waals surface area (Å²) in [6.45, 7) is 5.97. The molecule has 0 spiro atoms. The van der Waals surface area contributed by atoms with Crippen LogP contribution in [-0.2, 0) is 16.0 Å². The number of carboxylic acids is 1. The summed E-state index contributed by atoms with van der Waals surface area (Å²) < 4.78 is 5.35. The van der Waals surface area contributed by atoms with E-state index in [2.05, 4.69) is 0 Å². The Kier molecular flexibility index (Phi) is 6.22. The molecule has 138 valence electrons. The number of hydrogen-bond acceptors (Lipinski definition) is 3. The Morgan fingerprint density at radius 3 is 2.56 bits per heavy atom. The second-order valence-electron chi connectivity index (χ2n) is 7.36. The molecule has 2 rings (SSSR count). The second kappa shape index (κ2) is 7.83. The lowest BCUT2D eigenvalue weighted by Crippen LogP contribution is -2.48. The zero-order valence-electron chi connectivity index (χ0n) is 14.6. The van der Waals surface area contributed by atoms with E-state index in [1.165, 1.54) is 4.90 Å². The Balaban J connectivity index is 2.09. The molecular formula is C18H23Cl2NO4. The Morgan fingerprint density at radius 1 is 1.32 bits per heavy atom. The minimum Gasteiger partial charge on any atom is -0.481 e. The van der Waals surface area contributed by atoms with Crippen molar-refractivity contribution >= 4 is 35.3 Å². The number of carbonyl (C=O) groups is 2. The Labute approximate surface area is 157 Å². The van der Waals surface area contributed by atoms with Gasteiger partial charge in [-0.05, 0) is 57.2 Å². The predicted octanol–water partition coefficient (Wildman–Crippen LogP) is 4.49. The van der Waals surface area contributed by atoms with Gasteiger partial charge in [0.15, 0.2) is 0 Å². The van der Waals surface area contributed by atoms with Gasteiger partial charge in [0.25, 0.3) is 0 Å². The molecule has 1 amide bonds. The number of carbonyl (C=O) groups excluding carboxylic acids is 1. The number of benzene rings is 1. The minimum absolute atomic E-state index is 0.102. The SMILES string of the molecule is CC(C)(C)OC(=O)N1CC[C@@H](Cc2ccc(Cl)cc2Cl)[C@@H](C(=O)O)C1. The molecule has 0 bridgehead atoms.